The average molecular weight is 279 g/mol. The predicted molar refractivity (Wildman–Crippen MR) is 79.2 cm³/mol. The number of carbonyl (C=O) groups excluding carboxylic acids is 1. The van der Waals surface area contributed by atoms with Crippen molar-refractivity contribution in [1.29, 1.82) is 0 Å². The molecule has 0 aliphatic carbocycles. The van der Waals surface area contributed by atoms with E-state index in [2.05, 4.69) is 15.0 Å². The zero-order valence-corrected chi connectivity index (χ0v) is 11.2. The summed E-state index contributed by atoms with van der Waals surface area (Å²) in [7, 11) is 0. The van der Waals surface area contributed by atoms with Crippen LogP contribution >= 0.6 is 0 Å². The highest BCUT2D eigenvalue weighted by Gasteiger charge is 2.13. The summed E-state index contributed by atoms with van der Waals surface area (Å²) in [5.74, 6) is -0.640. The molecule has 0 atom stereocenters. The molecule has 0 saturated carbocycles. The standard InChI is InChI=1S/C15H13N5O/c16-6-12-14(15(17)21)20-13(8-19-12)10-5-9-3-1-2-4-11(9)18-7-10/h1-5,7-8H,6,16H2,(H2,17,21). The van der Waals surface area contributed by atoms with Crippen LogP contribution in [0.1, 0.15) is 16.2 Å². The van der Waals surface area contributed by atoms with Crippen molar-refractivity contribution in [2.75, 3.05) is 0 Å². The third kappa shape index (κ3) is 2.44. The fourth-order valence-electron chi connectivity index (χ4n) is 2.11. The van der Waals surface area contributed by atoms with Crippen LogP contribution in [-0.4, -0.2) is 20.9 Å². The molecule has 4 N–H and O–H groups in total. The lowest BCUT2D eigenvalue weighted by molar-refractivity contribution is 0.0994. The number of carbonyl (C=O) groups is 1. The number of nitrogens with zero attached hydrogens (tertiary/aromatic N) is 3. The van der Waals surface area contributed by atoms with Gasteiger partial charge in [-0.15, -0.1) is 0 Å². The zero-order chi connectivity index (χ0) is 14.8. The van der Waals surface area contributed by atoms with E-state index < -0.39 is 5.91 Å². The first-order chi connectivity index (χ1) is 10.2. The fourth-order valence-corrected chi connectivity index (χ4v) is 2.11. The second-order valence-electron chi connectivity index (χ2n) is 4.54. The number of aromatic nitrogens is 3. The Labute approximate surface area is 120 Å². The smallest absolute Gasteiger partial charge is 0.269 e. The molecule has 3 rings (SSSR count). The van der Waals surface area contributed by atoms with Crippen molar-refractivity contribution in [2.45, 2.75) is 6.54 Å². The minimum absolute atomic E-state index is 0.100. The van der Waals surface area contributed by atoms with Gasteiger partial charge < -0.3 is 11.5 Å². The first-order valence-corrected chi connectivity index (χ1v) is 6.40. The van der Waals surface area contributed by atoms with E-state index in [1.54, 1.807) is 12.4 Å². The molecular weight excluding hydrogens is 266 g/mol. The van der Waals surface area contributed by atoms with E-state index in [1.165, 1.54) is 0 Å². The number of amides is 1. The van der Waals surface area contributed by atoms with Crippen molar-refractivity contribution in [3.8, 4) is 11.3 Å². The summed E-state index contributed by atoms with van der Waals surface area (Å²) in [5.41, 5.74) is 13.5. The molecule has 2 aromatic heterocycles. The SMILES string of the molecule is NCc1ncc(-c2cnc3ccccc3c2)nc1C(N)=O. The van der Waals surface area contributed by atoms with Gasteiger partial charge >= 0.3 is 0 Å². The summed E-state index contributed by atoms with van der Waals surface area (Å²) in [6.07, 6.45) is 3.26. The summed E-state index contributed by atoms with van der Waals surface area (Å²) in [4.78, 5) is 24.2. The first-order valence-electron chi connectivity index (χ1n) is 6.40. The second kappa shape index (κ2) is 5.26. The van der Waals surface area contributed by atoms with Crippen molar-refractivity contribution < 1.29 is 4.79 Å². The molecule has 0 aliphatic heterocycles. The molecule has 1 amide bonds. The largest absolute Gasteiger partial charge is 0.364 e. The Kier molecular flexibility index (Phi) is 3.29. The van der Waals surface area contributed by atoms with Gasteiger partial charge in [0, 0.05) is 23.7 Å². The van der Waals surface area contributed by atoms with E-state index in [-0.39, 0.29) is 12.2 Å². The number of hydrogen-bond acceptors (Lipinski definition) is 5. The van der Waals surface area contributed by atoms with Crippen molar-refractivity contribution in [3.63, 3.8) is 0 Å². The summed E-state index contributed by atoms with van der Waals surface area (Å²) in [6.45, 7) is 0.113. The quantitative estimate of drug-likeness (QED) is 0.750. The van der Waals surface area contributed by atoms with Gasteiger partial charge in [-0.25, -0.2) is 4.98 Å². The van der Waals surface area contributed by atoms with E-state index in [1.807, 2.05) is 30.3 Å². The third-order valence-electron chi connectivity index (χ3n) is 3.16. The molecule has 2 heterocycles. The van der Waals surface area contributed by atoms with Crippen LogP contribution in [0.25, 0.3) is 22.2 Å². The first kappa shape index (κ1) is 13.1. The van der Waals surface area contributed by atoms with E-state index in [4.69, 9.17) is 11.5 Å². The highest BCUT2D eigenvalue weighted by atomic mass is 16.1. The van der Waals surface area contributed by atoms with Gasteiger partial charge in [-0.2, -0.15) is 0 Å². The van der Waals surface area contributed by atoms with Gasteiger partial charge in [0.2, 0.25) is 0 Å². The van der Waals surface area contributed by atoms with Crippen LogP contribution in [0.5, 0.6) is 0 Å². The number of nitrogens with two attached hydrogens (primary N) is 2. The summed E-state index contributed by atoms with van der Waals surface area (Å²) < 4.78 is 0. The minimum Gasteiger partial charge on any atom is -0.364 e. The van der Waals surface area contributed by atoms with Crippen molar-refractivity contribution in [3.05, 3.63) is 54.1 Å². The molecule has 1 aromatic carbocycles. The Balaban J connectivity index is 2.13. The number of pyridine rings is 1. The molecule has 0 aliphatic rings. The predicted octanol–water partition coefficient (Wildman–Crippen LogP) is 1.25. The Bertz CT molecular complexity index is 831. The molecule has 0 bridgehead atoms. The maximum Gasteiger partial charge on any atom is 0.269 e. The molecule has 104 valence electrons. The van der Waals surface area contributed by atoms with Gasteiger partial charge in [0.15, 0.2) is 5.69 Å². The highest BCUT2D eigenvalue weighted by Crippen LogP contribution is 2.21. The maximum atomic E-state index is 11.4. The van der Waals surface area contributed by atoms with E-state index >= 15 is 0 Å². The Hall–Kier alpha value is -2.86. The third-order valence-corrected chi connectivity index (χ3v) is 3.16. The van der Waals surface area contributed by atoms with Crippen LogP contribution in [0.3, 0.4) is 0 Å². The highest BCUT2D eigenvalue weighted by molar-refractivity contribution is 5.92. The van der Waals surface area contributed by atoms with Crippen LogP contribution in [-0.2, 0) is 6.54 Å². The lowest BCUT2D eigenvalue weighted by atomic mass is 10.1. The van der Waals surface area contributed by atoms with Gasteiger partial charge in [-0.3, -0.25) is 14.8 Å². The normalized spacial score (nSPS) is 10.7. The van der Waals surface area contributed by atoms with Crippen molar-refractivity contribution in [1.82, 2.24) is 15.0 Å². The van der Waals surface area contributed by atoms with E-state index in [0.29, 0.717) is 11.4 Å². The van der Waals surface area contributed by atoms with Crippen LogP contribution in [0.4, 0.5) is 0 Å². The molecule has 0 saturated heterocycles. The summed E-state index contributed by atoms with van der Waals surface area (Å²) in [5, 5.41) is 0.986. The van der Waals surface area contributed by atoms with Crippen LogP contribution in [0, 0.1) is 0 Å². The molecule has 0 fully saturated rings. The number of primary amides is 1. The molecule has 3 aromatic rings. The van der Waals surface area contributed by atoms with Crippen LogP contribution in [0.2, 0.25) is 0 Å². The molecule has 0 radical (unpaired) electrons. The average Bonchev–Trinajstić information content (AvgIpc) is 2.53. The van der Waals surface area contributed by atoms with Crippen molar-refractivity contribution >= 4 is 16.8 Å². The molecule has 0 unspecified atom stereocenters. The Morgan fingerprint density at radius 1 is 1.14 bits per heavy atom. The number of fused-ring (bicyclic) bond motifs is 1. The topological polar surface area (TPSA) is 108 Å². The zero-order valence-electron chi connectivity index (χ0n) is 11.2. The maximum absolute atomic E-state index is 11.4. The second-order valence-corrected chi connectivity index (χ2v) is 4.54. The molecule has 21 heavy (non-hydrogen) atoms. The number of benzene rings is 1. The summed E-state index contributed by atoms with van der Waals surface area (Å²) in [6, 6.07) is 9.70. The Morgan fingerprint density at radius 2 is 1.95 bits per heavy atom. The molecule has 0 spiro atoms. The Morgan fingerprint density at radius 3 is 2.71 bits per heavy atom. The van der Waals surface area contributed by atoms with Crippen molar-refractivity contribution in [2.24, 2.45) is 11.5 Å². The molecular formula is C15H13N5O. The molecule has 6 heteroatoms. The van der Waals surface area contributed by atoms with E-state index in [0.717, 1.165) is 16.5 Å². The minimum atomic E-state index is -0.640. The lowest BCUT2D eigenvalue weighted by Crippen LogP contribution is -2.19. The number of para-hydroxylation sites is 1. The van der Waals surface area contributed by atoms with Crippen LogP contribution in [0.15, 0.2) is 42.7 Å². The van der Waals surface area contributed by atoms with E-state index in [9.17, 15) is 4.79 Å². The van der Waals surface area contributed by atoms with Gasteiger partial charge in [-0.1, -0.05) is 18.2 Å². The molecule has 6 nitrogen and oxygen atoms in total. The van der Waals surface area contributed by atoms with Gasteiger partial charge in [0.25, 0.3) is 5.91 Å². The van der Waals surface area contributed by atoms with Gasteiger partial charge in [0.1, 0.15) is 0 Å². The lowest BCUT2D eigenvalue weighted by Gasteiger charge is -2.06. The van der Waals surface area contributed by atoms with Crippen LogP contribution < -0.4 is 11.5 Å². The summed E-state index contributed by atoms with van der Waals surface area (Å²) >= 11 is 0. The monoisotopic (exact) mass is 279 g/mol. The van der Waals surface area contributed by atoms with Gasteiger partial charge in [0.05, 0.1) is 23.1 Å². The fraction of sp³-hybridized carbons (Fsp3) is 0.0667. The number of rotatable bonds is 3. The number of hydrogen-bond donors (Lipinski definition) is 2. The van der Waals surface area contributed by atoms with Gasteiger partial charge in [-0.05, 0) is 12.1 Å².